The monoisotopic (exact) mass is 303 g/mol. The predicted molar refractivity (Wildman–Crippen MR) is 92.1 cm³/mol. The maximum absolute atomic E-state index is 9.42. The van der Waals surface area contributed by atoms with Crippen LogP contribution in [0.2, 0.25) is 0 Å². The summed E-state index contributed by atoms with van der Waals surface area (Å²) >= 11 is 0. The summed E-state index contributed by atoms with van der Waals surface area (Å²) in [4.78, 5) is 4.36. The molecule has 0 unspecified atom stereocenters. The minimum atomic E-state index is 0.507. The fourth-order valence-corrected chi connectivity index (χ4v) is 2.51. The van der Waals surface area contributed by atoms with Gasteiger partial charge in [-0.05, 0) is 49.7 Å². The summed E-state index contributed by atoms with van der Waals surface area (Å²) in [5.74, 6) is 0.768. The Labute approximate surface area is 135 Å². The van der Waals surface area contributed by atoms with Crippen molar-refractivity contribution in [2.24, 2.45) is 0 Å². The van der Waals surface area contributed by atoms with E-state index >= 15 is 0 Å². The topological polar surface area (TPSA) is 57.9 Å². The first-order chi connectivity index (χ1) is 11.2. The Kier molecular flexibility index (Phi) is 4.11. The van der Waals surface area contributed by atoms with E-state index in [0.29, 0.717) is 12.2 Å². The molecule has 1 heterocycles. The number of aromatic nitrogens is 1. The van der Waals surface area contributed by atoms with Crippen LogP contribution in [-0.4, -0.2) is 11.6 Å². The van der Waals surface area contributed by atoms with Crippen molar-refractivity contribution < 1.29 is 4.74 Å². The second kappa shape index (κ2) is 6.37. The van der Waals surface area contributed by atoms with Gasteiger partial charge in [-0.15, -0.1) is 0 Å². The molecular formula is C19H17N3O. The normalized spacial score (nSPS) is 10.3. The van der Waals surface area contributed by atoms with Crippen molar-refractivity contribution in [1.82, 2.24) is 4.98 Å². The van der Waals surface area contributed by atoms with Gasteiger partial charge in [-0.25, -0.2) is 0 Å². The molecule has 0 aliphatic rings. The second-order valence-electron chi connectivity index (χ2n) is 5.27. The van der Waals surface area contributed by atoms with Crippen LogP contribution >= 0.6 is 0 Å². The highest BCUT2D eigenvalue weighted by Crippen LogP contribution is 2.31. The summed E-state index contributed by atoms with van der Waals surface area (Å²) < 4.78 is 5.57. The van der Waals surface area contributed by atoms with Crippen LogP contribution in [0.1, 0.15) is 18.1 Å². The molecule has 1 N–H and O–H groups in total. The fraction of sp³-hybridized carbons (Fsp3) is 0.158. The Morgan fingerprint density at radius 3 is 2.83 bits per heavy atom. The molecule has 114 valence electrons. The molecule has 0 amide bonds. The van der Waals surface area contributed by atoms with Gasteiger partial charge >= 0.3 is 0 Å². The maximum atomic E-state index is 9.42. The van der Waals surface area contributed by atoms with Gasteiger partial charge in [0.05, 0.1) is 23.4 Å². The van der Waals surface area contributed by atoms with Gasteiger partial charge in [-0.3, -0.25) is 4.98 Å². The molecule has 0 saturated carbocycles. The molecule has 3 aromatic rings. The molecule has 0 aliphatic heterocycles. The second-order valence-corrected chi connectivity index (χ2v) is 5.27. The molecule has 0 spiro atoms. The molecule has 4 heteroatoms. The van der Waals surface area contributed by atoms with Crippen molar-refractivity contribution in [3.63, 3.8) is 0 Å². The van der Waals surface area contributed by atoms with Gasteiger partial charge in [0, 0.05) is 17.3 Å². The molecule has 0 radical (unpaired) electrons. The predicted octanol–water partition coefficient (Wildman–Crippen LogP) is 4.56. The number of rotatable bonds is 4. The van der Waals surface area contributed by atoms with Crippen molar-refractivity contribution in [2.45, 2.75) is 13.8 Å². The van der Waals surface area contributed by atoms with Crippen molar-refractivity contribution in [3.8, 4) is 11.8 Å². The number of anilines is 2. The van der Waals surface area contributed by atoms with Gasteiger partial charge < -0.3 is 10.1 Å². The highest BCUT2D eigenvalue weighted by atomic mass is 16.5. The number of hydrogen-bond acceptors (Lipinski definition) is 4. The van der Waals surface area contributed by atoms with Crippen LogP contribution in [0.5, 0.6) is 5.75 Å². The van der Waals surface area contributed by atoms with Gasteiger partial charge in [0.2, 0.25) is 0 Å². The molecule has 0 bridgehead atoms. The van der Waals surface area contributed by atoms with Gasteiger partial charge in [0.1, 0.15) is 11.8 Å². The number of fused-ring (bicyclic) bond motifs is 1. The van der Waals surface area contributed by atoms with E-state index < -0.39 is 0 Å². The first-order valence-electron chi connectivity index (χ1n) is 7.50. The molecular weight excluding hydrogens is 286 g/mol. The Hall–Kier alpha value is -3.06. The minimum absolute atomic E-state index is 0.507. The molecule has 0 saturated heterocycles. The number of hydrogen-bond donors (Lipinski definition) is 1. The van der Waals surface area contributed by atoms with E-state index in [0.717, 1.165) is 33.6 Å². The zero-order valence-electron chi connectivity index (χ0n) is 13.1. The van der Waals surface area contributed by atoms with Crippen LogP contribution in [0.15, 0.2) is 48.7 Å². The summed E-state index contributed by atoms with van der Waals surface area (Å²) in [7, 11) is 0. The smallest absolute Gasteiger partial charge is 0.120 e. The standard InChI is InChI=1S/C19H17N3O/c1-3-23-16-7-8-18-17(10-16)19(14(11-20)12-21-18)22-15-6-4-5-13(2)9-15/h4-10,12H,3H2,1-2H3,(H,21,22). The lowest BCUT2D eigenvalue weighted by atomic mass is 10.1. The number of nitrogens with one attached hydrogen (secondary N) is 1. The van der Waals surface area contributed by atoms with E-state index in [1.807, 2.05) is 56.3 Å². The third-order valence-corrected chi connectivity index (χ3v) is 3.56. The van der Waals surface area contributed by atoms with Crippen molar-refractivity contribution in [3.05, 3.63) is 59.8 Å². The Morgan fingerprint density at radius 2 is 2.09 bits per heavy atom. The third kappa shape index (κ3) is 3.09. The molecule has 23 heavy (non-hydrogen) atoms. The van der Waals surface area contributed by atoms with E-state index in [1.165, 1.54) is 0 Å². The molecule has 0 aliphatic carbocycles. The SMILES string of the molecule is CCOc1ccc2ncc(C#N)c(Nc3cccc(C)c3)c2c1. The first kappa shape index (κ1) is 14.9. The lowest BCUT2D eigenvalue weighted by Crippen LogP contribution is -1.98. The molecule has 0 atom stereocenters. The lowest BCUT2D eigenvalue weighted by molar-refractivity contribution is 0.340. The van der Waals surface area contributed by atoms with Crippen molar-refractivity contribution >= 4 is 22.3 Å². The van der Waals surface area contributed by atoms with Crippen LogP contribution in [0.25, 0.3) is 10.9 Å². The summed E-state index contributed by atoms with van der Waals surface area (Å²) in [6, 6.07) is 16.0. The highest BCUT2D eigenvalue weighted by Gasteiger charge is 2.10. The van der Waals surface area contributed by atoms with Crippen molar-refractivity contribution in [2.75, 3.05) is 11.9 Å². The van der Waals surface area contributed by atoms with Gasteiger partial charge in [-0.2, -0.15) is 5.26 Å². The van der Waals surface area contributed by atoms with Crippen LogP contribution in [0.3, 0.4) is 0 Å². The first-order valence-corrected chi connectivity index (χ1v) is 7.50. The van der Waals surface area contributed by atoms with E-state index in [9.17, 15) is 5.26 Å². The van der Waals surface area contributed by atoms with E-state index in [1.54, 1.807) is 6.20 Å². The van der Waals surface area contributed by atoms with E-state index in [-0.39, 0.29) is 0 Å². The van der Waals surface area contributed by atoms with Crippen LogP contribution < -0.4 is 10.1 Å². The number of nitrogens with zero attached hydrogens (tertiary/aromatic N) is 2. The largest absolute Gasteiger partial charge is 0.494 e. The summed E-state index contributed by atoms with van der Waals surface area (Å²) in [5, 5.41) is 13.7. The third-order valence-electron chi connectivity index (χ3n) is 3.56. The lowest BCUT2D eigenvalue weighted by Gasteiger charge is -2.13. The van der Waals surface area contributed by atoms with Crippen LogP contribution in [-0.2, 0) is 0 Å². The summed E-state index contributed by atoms with van der Waals surface area (Å²) in [6.45, 7) is 4.58. The number of aryl methyl sites for hydroxylation is 1. The Morgan fingerprint density at radius 1 is 1.22 bits per heavy atom. The molecule has 0 fully saturated rings. The van der Waals surface area contributed by atoms with Gasteiger partial charge in [0.15, 0.2) is 0 Å². The Bertz CT molecular complexity index is 897. The van der Waals surface area contributed by atoms with Gasteiger partial charge in [0.25, 0.3) is 0 Å². The minimum Gasteiger partial charge on any atom is -0.494 e. The molecule has 4 nitrogen and oxygen atoms in total. The summed E-state index contributed by atoms with van der Waals surface area (Å²) in [6.07, 6.45) is 1.60. The average Bonchev–Trinajstić information content (AvgIpc) is 2.56. The van der Waals surface area contributed by atoms with E-state index in [4.69, 9.17) is 4.74 Å². The molecule has 3 rings (SSSR count). The zero-order chi connectivity index (χ0) is 16.2. The highest BCUT2D eigenvalue weighted by molar-refractivity contribution is 5.96. The fourth-order valence-electron chi connectivity index (χ4n) is 2.51. The quantitative estimate of drug-likeness (QED) is 0.767. The number of nitriles is 1. The maximum Gasteiger partial charge on any atom is 0.120 e. The summed E-state index contributed by atoms with van der Waals surface area (Å²) in [5.41, 5.74) is 4.18. The number of benzene rings is 2. The van der Waals surface area contributed by atoms with E-state index in [2.05, 4.69) is 16.4 Å². The van der Waals surface area contributed by atoms with Crippen LogP contribution in [0, 0.1) is 18.3 Å². The van der Waals surface area contributed by atoms with Crippen molar-refractivity contribution in [1.29, 1.82) is 5.26 Å². The number of ether oxygens (including phenoxy) is 1. The molecule has 2 aromatic carbocycles. The molecule has 1 aromatic heterocycles. The zero-order valence-corrected chi connectivity index (χ0v) is 13.1. The number of pyridine rings is 1. The van der Waals surface area contributed by atoms with Gasteiger partial charge in [-0.1, -0.05) is 12.1 Å². The average molecular weight is 303 g/mol. The Balaban J connectivity index is 2.15. The van der Waals surface area contributed by atoms with Crippen LogP contribution in [0.4, 0.5) is 11.4 Å².